The smallest absolute Gasteiger partial charge is 0.225 e. The van der Waals surface area contributed by atoms with Gasteiger partial charge in [0, 0.05) is 60.8 Å². The number of benzene rings is 1. The van der Waals surface area contributed by atoms with Crippen LogP contribution in [0, 0.1) is 23.5 Å². The highest BCUT2D eigenvalue weighted by Gasteiger charge is 2.30. The summed E-state index contributed by atoms with van der Waals surface area (Å²) in [7, 11) is 0. The Labute approximate surface area is 275 Å². The van der Waals surface area contributed by atoms with E-state index in [1.165, 1.54) is 48.2 Å². The van der Waals surface area contributed by atoms with Crippen molar-refractivity contribution in [3.8, 4) is 0 Å². The molecule has 2 unspecified atom stereocenters. The molecular formula is C39H65F2N3O. The number of carbonyl (C=O) groups is 1. The van der Waals surface area contributed by atoms with E-state index in [2.05, 4.69) is 79.4 Å². The Morgan fingerprint density at radius 2 is 1.58 bits per heavy atom. The zero-order chi connectivity index (χ0) is 34.5. The lowest BCUT2D eigenvalue weighted by molar-refractivity contribution is -0.138. The van der Waals surface area contributed by atoms with E-state index in [9.17, 15) is 13.6 Å². The summed E-state index contributed by atoms with van der Waals surface area (Å²) in [6.07, 6.45) is 14.1. The van der Waals surface area contributed by atoms with Gasteiger partial charge in [0.1, 0.15) is 11.6 Å². The van der Waals surface area contributed by atoms with E-state index in [-0.39, 0.29) is 17.9 Å². The Morgan fingerprint density at radius 3 is 2.00 bits per heavy atom. The van der Waals surface area contributed by atoms with E-state index in [4.69, 9.17) is 4.99 Å². The third-order valence-corrected chi connectivity index (χ3v) is 8.12. The molecule has 4 nitrogen and oxygen atoms in total. The molecule has 1 amide bonds. The first kappa shape index (κ1) is 42.2. The molecule has 1 aromatic rings. The first-order chi connectivity index (χ1) is 21.3. The fourth-order valence-electron chi connectivity index (χ4n) is 5.39. The van der Waals surface area contributed by atoms with Crippen molar-refractivity contribution in [1.82, 2.24) is 9.80 Å². The van der Waals surface area contributed by atoms with Gasteiger partial charge in [-0.3, -0.25) is 9.79 Å². The molecule has 1 aliphatic rings. The molecule has 0 saturated carbocycles. The monoisotopic (exact) mass is 630 g/mol. The number of hydrogen-bond donors (Lipinski definition) is 0. The fourth-order valence-corrected chi connectivity index (χ4v) is 5.39. The van der Waals surface area contributed by atoms with Crippen molar-refractivity contribution < 1.29 is 13.6 Å². The van der Waals surface area contributed by atoms with E-state index >= 15 is 0 Å². The van der Waals surface area contributed by atoms with Crippen LogP contribution in [0.1, 0.15) is 127 Å². The second-order valence-corrected chi connectivity index (χ2v) is 12.4. The highest BCUT2D eigenvalue weighted by Crippen LogP contribution is 2.29. The van der Waals surface area contributed by atoms with Crippen LogP contribution in [-0.4, -0.2) is 47.1 Å². The summed E-state index contributed by atoms with van der Waals surface area (Å²) >= 11 is 0. The standard InChI is InChI=1S/C25H43N3O.C9H10F2.C5H12/c1-10-13-14-26-21(8)24(23(12-3)19(6)11-2)22(9)27-15-16-28(20(7)17-27)25(29)18(4)5;1-2-3-7-4-8(10)6-9(11)5-7;1-3-5-4-2/h12-14,18-20H,10-11,15-17H2,1-9H3;4-6H,2-3H2,1H3;3-5H2,1-2H3/b14-13+,23-12-,24-22-,26-21+;;. The first-order valence-electron chi connectivity index (χ1n) is 17.4. The average molecular weight is 630 g/mol. The summed E-state index contributed by atoms with van der Waals surface area (Å²) in [6, 6.07) is 3.84. The number of halogens is 2. The molecule has 6 heteroatoms. The second kappa shape index (κ2) is 23.6. The second-order valence-electron chi connectivity index (χ2n) is 12.4. The lowest BCUT2D eigenvalue weighted by Gasteiger charge is -2.43. The van der Waals surface area contributed by atoms with Crippen LogP contribution in [0.3, 0.4) is 0 Å². The molecule has 0 aliphatic carbocycles. The Balaban J connectivity index is 0.000000984. The summed E-state index contributed by atoms with van der Waals surface area (Å²) in [5.74, 6) is -0.195. The molecule has 2 atom stereocenters. The lowest BCUT2D eigenvalue weighted by atomic mass is 9.87. The minimum absolute atomic E-state index is 0.0518. The SMILES string of the molecule is CCCCC.CCCc1cc(F)cc(F)c1.C\C=C(C(/C(C)=N/C=C/CC)=C(/C)N1CCN(C(=O)C(C)C)C(C)C1)\C(C)CC. The molecule has 256 valence electrons. The number of hydrogen-bond acceptors (Lipinski definition) is 3. The van der Waals surface area contributed by atoms with Crippen LogP contribution in [0.5, 0.6) is 0 Å². The largest absolute Gasteiger partial charge is 0.371 e. The Hall–Kier alpha value is -2.76. The molecule has 0 radical (unpaired) electrons. The molecular weight excluding hydrogens is 564 g/mol. The highest BCUT2D eigenvalue weighted by atomic mass is 19.1. The zero-order valence-corrected chi connectivity index (χ0v) is 30.8. The van der Waals surface area contributed by atoms with Crippen molar-refractivity contribution in [2.45, 2.75) is 134 Å². The van der Waals surface area contributed by atoms with Crippen molar-refractivity contribution >= 4 is 11.6 Å². The van der Waals surface area contributed by atoms with Gasteiger partial charge in [0.15, 0.2) is 0 Å². The number of unbranched alkanes of at least 4 members (excludes halogenated alkanes) is 2. The summed E-state index contributed by atoms with van der Waals surface area (Å²) in [6.45, 7) is 28.2. The lowest BCUT2D eigenvalue weighted by Crippen LogP contribution is -2.54. The van der Waals surface area contributed by atoms with E-state index < -0.39 is 11.6 Å². The van der Waals surface area contributed by atoms with E-state index in [1.807, 2.05) is 31.9 Å². The molecule has 1 fully saturated rings. The molecule has 0 bridgehead atoms. The number of piperazine rings is 1. The number of amides is 1. The predicted octanol–water partition coefficient (Wildman–Crippen LogP) is 10.9. The number of rotatable bonds is 12. The average Bonchev–Trinajstić information content (AvgIpc) is 2.99. The molecule has 0 N–H and O–H groups in total. The fraction of sp³-hybridized carbons (Fsp3) is 0.641. The Kier molecular flexibility index (Phi) is 22.1. The van der Waals surface area contributed by atoms with Gasteiger partial charge in [-0.05, 0) is 76.1 Å². The van der Waals surface area contributed by atoms with Crippen LogP contribution in [0.4, 0.5) is 8.78 Å². The number of allylic oxidation sites excluding steroid dienone is 5. The number of carbonyl (C=O) groups excluding carboxylic acids is 1. The van der Waals surface area contributed by atoms with Crippen molar-refractivity contribution in [2.24, 2.45) is 16.8 Å². The van der Waals surface area contributed by atoms with Gasteiger partial charge in [-0.2, -0.15) is 0 Å². The first-order valence-corrected chi connectivity index (χ1v) is 17.4. The van der Waals surface area contributed by atoms with Gasteiger partial charge in [-0.25, -0.2) is 8.78 Å². The maximum atomic E-state index is 12.5. The Morgan fingerprint density at radius 1 is 0.978 bits per heavy atom. The van der Waals surface area contributed by atoms with Crippen LogP contribution in [0.25, 0.3) is 0 Å². The van der Waals surface area contributed by atoms with Gasteiger partial charge in [0.25, 0.3) is 0 Å². The van der Waals surface area contributed by atoms with Gasteiger partial charge in [0.05, 0.1) is 0 Å². The summed E-state index contributed by atoms with van der Waals surface area (Å²) in [5.41, 5.74) is 5.69. The van der Waals surface area contributed by atoms with Crippen LogP contribution in [-0.2, 0) is 11.2 Å². The van der Waals surface area contributed by atoms with Crippen LogP contribution in [0.2, 0.25) is 0 Å². The van der Waals surface area contributed by atoms with Crippen molar-refractivity contribution in [1.29, 1.82) is 0 Å². The molecule has 1 heterocycles. The number of nitrogens with zero attached hydrogens (tertiary/aromatic N) is 3. The predicted molar refractivity (Wildman–Crippen MR) is 192 cm³/mol. The van der Waals surface area contributed by atoms with Gasteiger partial charge < -0.3 is 9.80 Å². The third-order valence-electron chi connectivity index (χ3n) is 8.12. The van der Waals surface area contributed by atoms with Gasteiger partial charge in [-0.1, -0.05) is 93.2 Å². The normalized spacial score (nSPS) is 17.0. The van der Waals surface area contributed by atoms with Crippen molar-refractivity contribution in [3.63, 3.8) is 0 Å². The maximum absolute atomic E-state index is 12.5. The summed E-state index contributed by atoms with van der Waals surface area (Å²) in [4.78, 5) is 21.8. The minimum atomic E-state index is -0.492. The zero-order valence-electron chi connectivity index (χ0n) is 30.8. The molecule has 45 heavy (non-hydrogen) atoms. The van der Waals surface area contributed by atoms with Crippen LogP contribution >= 0.6 is 0 Å². The third kappa shape index (κ3) is 15.4. The maximum Gasteiger partial charge on any atom is 0.225 e. The van der Waals surface area contributed by atoms with Crippen molar-refractivity contribution in [3.05, 3.63) is 70.6 Å². The molecule has 1 aromatic carbocycles. The Bertz CT molecular complexity index is 1100. The minimum Gasteiger partial charge on any atom is -0.371 e. The molecule has 0 aromatic heterocycles. The molecule has 0 spiro atoms. The topological polar surface area (TPSA) is 35.9 Å². The van der Waals surface area contributed by atoms with E-state index in [0.717, 1.165) is 62.7 Å². The van der Waals surface area contributed by atoms with Crippen LogP contribution < -0.4 is 0 Å². The number of aryl methyl sites for hydroxylation is 1. The van der Waals surface area contributed by atoms with Gasteiger partial charge >= 0.3 is 0 Å². The number of aliphatic imine (C=N–C) groups is 1. The highest BCUT2D eigenvalue weighted by molar-refractivity contribution is 6.03. The van der Waals surface area contributed by atoms with E-state index in [1.54, 1.807) is 0 Å². The quantitative estimate of drug-likeness (QED) is 0.170. The molecule has 1 aliphatic heterocycles. The van der Waals surface area contributed by atoms with Crippen molar-refractivity contribution in [2.75, 3.05) is 19.6 Å². The summed E-state index contributed by atoms with van der Waals surface area (Å²) in [5, 5.41) is 0. The van der Waals surface area contributed by atoms with Gasteiger partial charge in [-0.15, -0.1) is 0 Å². The molecule has 1 saturated heterocycles. The molecule has 2 rings (SSSR count). The van der Waals surface area contributed by atoms with Crippen LogP contribution in [0.15, 0.2) is 58.4 Å². The van der Waals surface area contributed by atoms with Gasteiger partial charge in [0.2, 0.25) is 5.91 Å². The van der Waals surface area contributed by atoms with E-state index in [0.29, 0.717) is 5.92 Å². The summed E-state index contributed by atoms with van der Waals surface area (Å²) < 4.78 is 25.0.